The Morgan fingerprint density at radius 3 is 2.69 bits per heavy atom. The number of ether oxygens (including phenoxy) is 1. The first-order valence-corrected chi connectivity index (χ1v) is 8.74. The van der Waals surface area contributed by atoms with E-state index in [1.165, 1.54) is 0 Å². The van der Waals surface area contributed by atoms with Gasteiger partial charge in [-0.3, -0.25) is 4.79 Å². The number of hydrogen-bond donors (Lipinski definition) is 1. The normalized spacial score (nSPS) is 11.8. The van der Waals surface area contributed by atoms with Gasteiger partial charge in [-0.25, -0.2) is 4.98 Å². The third kappa shape index (κ3) is 4.56. The van der Waals surface area contributed by atoms with Crippen molar-refractivity contribution in [2.24, 2.45) is 0 Å². The van der Waals surface area contributed by atoms with Crippen LogP contribution >= 0.6 is 23.2 Å². The van der Waals surface area contributed by atoms with E-state index in [0.717, 1.165) is 11.3 Å². The van der Waals surface area contributed by atoms with E-state index < -0.39 is 0 Å². The van der Waals surface area contributed by atoms with Crippen LogP contribution in [0.1, 0.15) is 18.5 Å². The maximum absolute atomic E-state index is 12.1. The number of halogens is 2. The van der Waals surface area contributed by atoms with Crippen LogP contribution < -0.4 is 10.1 Å². The summed E-state index contributed by atoms with van der Waals surface area (Å²) in [5.41, 5.74) is 1.99. The molecular weight excluding hydrogens is 373 g/mol. The van der Waals surface area contributed by atoms with Gasteiger partial charge in [0.25, 0.3) is 5.91 Å². The molecule has 0 aliphatic rings. The molecule has 1 aromatic heterocycles. The summed E-state index contributed by atoms with van der Waals surface area (Å²) in [7, 11) is 0. The van der Waals surface area contributed by atoms with Gasteiger partial charge in [0, 0.05) is 29.2 Å². The van der Waals surface area contributed by atoms with Crippen LogP contribution in [0.25, 0.3) is 5.69 Å². The molecule has 0 aliphatic heterocycles. The fourth-order valence-corrected chi connectivity index (χ4v) is 2.78. The minimum absolute atomic E-state index is 0.141. The molecule has 1 amide bonds. The first-order chi connectivity index (χ1) is 12.5. The zero-order valence-corrected chi connectivity index (χ0v) is 15.5. The number of nitrogens with one attached hydrogen (secondary N) is 1. The highest BCUT2D eigenvalue weighted by molar-refractivity contribution is 6.34. The van der Waals surface area contributed by atoms with Crippen molar-refractivity contribution in [1.82, 2.24) is 14.9 Å². The number of imidazole rings is 1. The van der Waals surface area contributed by atoms with E-state index in [1.807, 2.05) is 42.0 Å². The molecule has 0 saturated heterocycles. The highest BCUT2D eigenvalue weighted by atomic mass is 35.5. The standard InChI is InChI=1S/C19H17Cl2N3O2/c1-13(14-2-5-16(6-3-14)24-9-8-22-12-24)23-19(25)11-26-18-10-15(20)4-7-17(18)21/h2-10,12-13H,11H2,1H3,(H,23,25)/t13-/m1/s1. The number of nitrogens with zero attached hydrogens (tertiary/aromatic N) is 2. The number of aromatic nitrogens is 2. The Bertz CT molecular complexity index is 880. The highest BCUT2D eigenvalue weighted by Crippen LogP contribution is 2.27. The first-order valence-electron chi connectivity index (χ1n) is 7.98. The minimum Gasteiger partial charge on any atom is -0.482 e. The molecule has 0 fully saturated rings. The molecule has 0 unspecified atom stereocenters. The molecule has 26 heavy (non-hydrogen) atoms. The largest absolute Gasteiger partial charge is 0.482 e. The van der Waals surface area contributed by atoms with Crippen LogP contribution in [0.5, 0.6) is 5.75 Å². The monoisotopic (exact) mass is 389 g/mol. The van der Waals surface area contributed by atoms with Gasteiger partial charge in [0.2, 0.25) is 0 Å². The summed E-state index contributed by atoms with van der Waals surface area (Å²) in [4.78, 5) is 16.2. The lowest BCUT2D eigenvalue weighted by molar-refractivity contribution is -0.123. The molecular formula is C19H17Cl2N3O2. The summed E-state index contributed by atoms with van der Waals surface area (Å²) in [6.45, 7) is 1.77. The van der Waals surface area contributed by atoms with Crippen molar-refractivity contribution in [3.8, 4) is 11.4 Å². The second-order valence-electron chi connectivity index (χ2n) is 5.71. The average molecular weight is 390 g/mol. The molecule has 5 nitrogen and oxygen atoms in total. The van der Waals surface area contributed by atoms with Gasteiger partial charge in [0.15, 0.2) is 6.61 Å². The third-order valence-electron chi connectivity index (χ3n) is 3.83. The van der Waals surface area contributed by atoms with Crippen molar-refractivity contribution in [3.05, 3.63) is 76.8 Å². The van der Waals surface area contributed by atoms with Crippen molar-refractivity contribution in [3.63, 3.8) is 0 Å². The minimum atomic E-state index is -0.243. The smallest absolute Gasteiger partial charge is 0.258 e. The molecule has 134 valence electrons. The molecule has 0 saturated carbocycles. The SMILES string of the molecule is C[C@@H](NC(=O)COc1cc(Cl)ccc1Cl)c1ccc(-n2ccnc2)cc1. The topological polar surface area (TPSA) is 56.1 Å². The summed E-state index contributed by atoms with van der Waals surface area (Å²) in [6, 6.07) is 12.6. The quantitative estimate of drug-likeness (QED) is 0.677. The zero-order valence-electron chi connectivity index (χ0n) is 14.0. The Kier molecular flexibility index (Phi) is 5.81. The van der Waals surface area contributed by atoms with Gasteiger partial charge in [-0.05, 0) is 36.8 Å². The predicted octanol–water partition coefficient (Wildman–Crippen LogP) is 4.44. The van der Waals surface area contributed by atoms with Gasteiger partial charge in [0.1, 0.15) is 5.75 Å². The van der Waals surface area contributed by atoms with Crippen LogP contribution in [0.15, 0.2) is 61.2 Å². The Balaban J connectivity index is 1.56. The Morgan fingerprint density at radius 1 is 1.23 bits per heavy atom. The average Bonchev–Trinajstić information content (AvgIpc) is 3.17. The maximum Gasteiger partial charge on any atom is 0.258 e. The van der Waals surface area contributed by atoms with Gasteiger partial charge in [-0.1, -0.05) is 35.3 Å². The molecule has 7 heteroatoms. The predicted molar refractivity (Wildman–Crippen MR) is 102 cm³/mol. The molecule has 1 heterocycles. The summed E-state index contributed by atoms with van der Waals surface area (Å²) < 4.78 is 7.36. The number of carbonyl (C=O) groups excluding carboxylic acids is 1. The van der Waals surface area contributed by atoms with E-state index in [9.17, 15) is 4.79 Å². The molecule has 3 aromatic rings. The zero-order chi connectivity index (χ0) is 18.5. The number of benzene rings is 2. The first kappa shape index (κ1) is 18.3. The fourth-order valence-electron chi connectivity index (χ4n) is 2.44. The maximum atomic E-state index is 12.1. The van der Waals surface area contributed by atoms with Crippen molar-refractivity contribution in [2.75, 3.05) is 6.61 Å². The molecule has 1 N–H and O–H groups in total. The molecule has 0 bridgehead atoms. The van der Waals surface area contributed by atoms with Crippen LogP contribution in [0, 0.1) is 0 Å². The van der Waals surface area contributed by atoms with E-state index in [1.54, 1.807) is 30.7 Å². The lowest BCUT2D eigenvalue weighted by Gasteiger charge is -2.15. The van der Waals surface area contributed by atoms with Crippen LogP contribution in [-0.4, -0.2) is 22.1 Å². The van der Waals surface area contributed by atoms with E-state index in [0.29, 0.717) is 15.8 Å². The second kappa shape index (κ2) is 8.25. The lowest BCUT2D eigenvalue weighted by Crippen LogP contribution is -2.31. The molecule has 0 spiro atoms. The lowest BCUT2D eigenvalue weighted by atomic mass is 10.1. The number of hydrogen-bond acceptors (Lipinski definition) is 3. The van der Waals surface area contributed by atoms with Crippen molar-refractivity contribution >= 4 is 29.1 Å². The fraction of sp³-hybridized carbons (Fsp3) is 0.158. The summed E-state index contributed by atoms with van der Waals surface area (Å²) >= 11 is 11.9. The van der Waals surface area contributed by atoms with Gasteiger partial charge in [0.05, 0.1) is 17.4 Å². The van der Waals surface area contributed by atoms with Gasteiger partial charge in [-0.15, -0.1) is 0 Å². The van der Waals surface area contributed by atoms with Gasteiger partial charge < -0.3 is 14.6 Å². The van der Waals surface area contributed by atoms with Crippen LogP contribution in [0.2, 0.25) is 10.0 Å². The molecule has 0 radical (unpaired) electrons. The Morgan fingerprint density at radius 2 is 2.00 bits per heavy atom. The van der Waals surface area contributed by atoms with Crippen molar-refractivity contribution in [1.29, 1.82) is 0 Å². The van der Waals surface area contributed by atoms with Crippen LogP contribution in [0.4, 0.5) is 0 Å². The van der Waals surface area contributed by atoms with Crippen LogP contribution in [-0.2, 0) is 4.79 Å². The van der Waals surface area contributed by atoms with Crippen LogP contribution in [0.3, 0.4) is 0 Å². The molecule has 0 aliphatic carbocycles. The van der Waals surface area contributed by atoms with E-state index in [2.05, 4.69) is 10.3 Å². The third-order valence-corrected chi connectivity index (χ3v) is 4.37. The summed E-state index contributed by atoms with van der Waals surface area (Å²) in [5.74, 6) is 0.138. The van der Waals surface area contributed by atoms with Crippen molar-refractivity contribution in [2.45, 2.75) is 13.0 Å². The van der Waals surface area contributed by atoms with E-state index >= 15 is 0 Å². The highest BCUT2D eigenvalue weighted by Gasteiger charge is 2.11. The number of amides is 1. The molecule has 2 aromatic carbocycles. The molecule has 1 atom stereocenters. The molecule has 3 rings (SSSR count). The van der Waals surface area contributed by atoms with Crippen molar-refractivity contribution < 1.29 is 9.53 Å². The van der Waals surface area contributed by atoms with Gasteiger partial charge >= 0.3 is 0 Å². The Labute approximate surface area is 161 Å². The summed E-state index contributed by atoms with van der Waals surface area (Å²) in [6.07, 6.45) is 5.33. The number of rotatable bonds is 6. The van der Waals surface area contributed by atoms with Gasteiger partial charge in [-0.2, -0.15) is 0 Å². The number of carbonyl (C=O) groups is 1. The summed E-state index contributed by atoms with van der Waals surface area (Å²) in [5, 5.41) is 3.80. The Hall–Kier alpha value is -2.50. The van der Waals surface area contributed by atoms with E-state index in [4.69, 9.17) is 27.9 Å². The van der Waals surface area contributed by atoms with E-state index in [-0.39, 0.29) is 18.6 Å². The second-order valence-corrected chi connectivity index (χ2v) is 6.56.